The molecule has 0 saturated heterocycles. The van der Waals surface area contributed by atoms with Crippen molar-refractivity contribution in [3.8, 4) is 22.6 Å². The second kappa shape index (κ2) is 8.86. The Balaban J connectivity index is 1.76. The smallest absolute Gasteiger partial charge is 0.317 e. The molecule has 0 bridgehead atoms. The summed E-state index contributed by atoms with van der Waals surface area (Å²) >= 11 is 0. The third-order valence-corrected chi connectivity index (χ3v) is 6.16. The van der Waals surface area contributed by atoms with Gasteiger partial charge in [0.2, 0.25) is 0 Å². The van der Waals surface area contributed by atoms with E-state index in [0.717, 1.165) is 46.6 Å². The van der Waals surface area contributed by atoms with E-state index >= 15 is 0 Å². The molecule has 1 aromatic carbocycles. The number of carbonyl (C=O) groups is 1. The molecule has 32 heavy (non-hydrogen) atoms. The fourth-order valence-electron chi connectivity index (χ4n) is 4.33. The van der Waals surface area contributed by atoms with Gasteiger partial charge in [0, 0.05) is 43.5 Å². The molecular formula is C24H32N4O4. The van der Waals surface area contributed by atoms with E-state index in [-0.39, 0.29) is 11.6 Å². The lowest BCUT2D eigenvalue weighted by molar-refractivity contribution is 0.191. The summed E-state index contributed by atoms with van der Waals surface area (Å²) in [6.07, 6.45) is 4.58. The van der Waals surface area contributed by atoms with Gasteiger partial charge >= 0.3 is 6.03 Å². The number of hydrogen-bond acceptors (Lipinski definition) is 5. The monoisotopic (exact) mass is 440 g/mol. The standard InChI is InChI=1S/C24H32N4O4/c1-26(2)12-20-21(31-4)10-15(11-22(20)32-5)18-13-27(3)23(29)19-14-28(9-8-17(18)19)24(30)25-16-6-7-16/h10-11,13,16H,6-9,12,14H2,1-5H3,(H,25,30). The third kappa shape index (κ3) is 4.32. The Morgan fingerprint density at radius 2 is 1.81 bits per heavy atom. The zero-order valence-electron chi connectivity index (χ0n) is 19.5. The van der Waals surface area contributed by atoms with E-state index in [4.69, 9.17) is 9.47 Å². The molecule has 1 N–H and O–H groups in total. The van der Waals surface area contributed by atoms with Gasteiger partial charge in [-0.15, -0.1) is 0 Å². The molecule has 0 radical (unpaired) electrons. The van der Waals surface area contributed by atoms with Gasteiger partial charge in [0.15, 0.2) is 0 Å². The summed E-state index contributed by atoms with van der Waals surface area (Å²) in [6, 6.07) is 4.22. The largest absolute Gasteiger partial charge is 0.496 e. The average molecular weight is 441 g/mol. The van der Waals surface area contributed by atoms with Crippen LogP contribution in [0.4, 0.5) is 4.79 Å². The van der Waals surface area contributed by atoms with Crippen LogP contribution < -0.4 is 20.3 Å². The fourth-order valence-corrected chi connectivity index (χ4v) is 4.33. The second-order valence-electron chi connectivity index (χ2n) is 8.91. The van der Waals surface area contributed by atoms with E-state index in [1.165, 1.54) is 0 Å². The molecule has 1 aliphatic carbocycles. The maximum absolute atomic E-state index is 13.0. The summed E-state index contributed by atoms with van der Waals surface area (Å²) in [4.78, 5) is 29.4. The first-order chi connectivity index (χ1) is 15.3. The molecule has 1 fully saturated rings. The number of nitrogens with zero attached hydrogens (tertiary/aromatic N) is 3. The minimum atomic E-state index is -0.0815. The zero-order valence-corrected chi connectivity index (χ0v) is 19.5. The number of hydrogen-bond donors (Lipinski definition) is 1. The first-order valence-electron chi connectivity index (χ1n) is 11.0. The third-order valence-electron chi connectivity index (χ3n) is 6.16. The maximum Gasteiger partial charge on any atom is 0.317 e. The zero-order chi connectivity index (χ0) is 23.0. The number of ether oxygens (including phenoxy) is 2. The number of pyridine rings is 1. The van der Waals surface area contributed by atoms with Gasteiger partial charge in [-0.1, -0.05) is 0 Å². The van der Waals surface area contributed by atoms with Crippen LogP contribution in [-0.4, -0.2) is 61.3 Å². The van der Waals surface area contributed by atoms with Crippen LogP contribution in [0.25, 0.3) is 11.1 Å². The molecule has 2 aliphatic rings. The van der Waals surface area contributed by atoms with Crippen LogP contribution in [0, 0.1) is 0 Å². The number of aryl methyl sites for hydroxylation is 1. The molecule has 8 heteroatoms. The number of fused-ring (bicyclic) bond motifs is 1. The van der Waals surface area contributed by atoms with Crippen molar-refractivity contribution in [3.63, 3.8) is 0 Å². The molecular weight excluding hydrogens is 408 g/mol. The van der Waals surface area contributed by atoms with Gasteiger partial charge in [0.05, 0.1) is 26.3 Å². The molecule has 4 rings (SSSR count). The molecule has 1 aromatic heterocycles. The minimum absolute atomic E-state index is 0.0594. The summed E-state index contributed by atoms with van der Waals surface area (Å²) in [7, 11) is 9.07. The van der Waals surface area contributed by atoms with Crippen molar-refractivity contribution >= 4 is 6.03 Å². The highest BCUT2D eigenvalue weighted by Gasteiger charge is 2.30. The lowest BCUT2D eigenvalue weighted by Gasteiger charge is -2.30. The van der Waals surface area contributed by atoms with Crippen LogP contribution in [0.3, 0.4) is 0 Å². The topological polar surface area (TPSA) is 76.0 Å². The summed E-state index contributed by atoms with van der Waals surface area (Å²) in [5.74, 6) is 1.49. The summed E-state index contributed by atoms with van der Waals surface area (Å²) in [5.41, 5.74) is 4.49. The van der Waals surface area contributed by atoms with Crippen LogP contribution in [0.2, 0.25) is 0 Å². The van der Waals surface area contributed by atoms with Crippen LogP contribution in [-0.2, 0) is 26.6 Å². The maximum atomic E-state index is 13.0. The van der Waals surface area contributed by atoms with Gasteiger partial charge in [0.1, 0.15) is 11.5 Å². The van der Waals surface area contributed by atoms with E-state index in [1.807, 2.05) is 32.4 Å². The predicted octanol–water partition coefficient (Wildman–Crippen LogP) is 2.36. The minimum Gasteiger partial charge on any atom is -0.496 e. The Hall–Kier alpha value is -3.00. The molecule has 172 valence electrons. The molecule has 0 atom stereocenters. The van der Waals surface area contributed by atoms with Crippen LogP contribution in [0.1, 0.15) is 29.5 Å². The van der Waals surface area contributed by atoms with Crippen molar-refractivity contribution in [2.24, 2.45) is 7.05 Å². The Morgan fingerprint density at radius 3 is 2.38 bits per heavy atom. The van der Waals surface area contributed by atoms with Gasteiger partial charge in [-0.25, -0.2) is 4.79 Å². The second-order valence-corrected chi connectivity index (χ2v) is 8.91. The van der Waals surface area contributed by atoms with Gasteiger partial charge < -0.3 is 29.2 Å². The SMILES string of the molecule is COc1cc(-c2cn(C)c(=O)c3c2CCN(C(=O)NC2CC2)C3)cc(OC)c1CN(C)C. The highest BCUT2D eigenvalue weighted by atomic mass is 16.5. The Labute approximate surface area is 188 Å². The lowest BCUT2D eigenvalue weighted by atomic mass is 9.91. The normalized spacial score (nSPS) is 15.5. The van der Waals surface area contributed by atoms with E-state index in [1.54, 1.807) is 30.7 Å². The molecule has 0 spiro atoms. The van der Waals surface area contributed by atoms with Gasteiger partial charge in [0.25, 0.3) is 5.56 Å². The van der Waals surface area contributed by atoms with Gasteiger partial charge in [-0.2, -0.15) is 0 Å². The quantitative estimate of drug-likeness (QED) is 0.746. The Kier molecular flexibility index (Phi) is 6.15. The van der Waals surface area contributed by atoms with Crippen LogP contribution in [0.15, 0.2) is 23.1 Å². The van der Waals surface area contributed by atoms with Crippen molar-refractivity contribution in [3.05, 3.63) is 45.4 Å². The number of aromatic nitrogens is 1. The van der Waals surface area contributed by atoms with Crippen molar-refractivity contribution < 1.29 is 14.3 Å². The lowest BCUT2D eigenvalue weighted by Crippen LogP contribution is -2.45. The van der Waals surface area contributed by atoms with Crippen molar-refractivity contribution in [1.29, 1.82) is 0 Å². The highest BCUT2D eigenvalue weighted by molar-refractivity contribution is 5.77. The van der Waals surface area contributed by atoms with E-state index in [0.29, 0.717) is 37.7 Å². The van der Waals surface area contributed by atoms with E-state index < -0.39 is 0 Å². The summed E-state index contributed by atoms with van der Waals surface area (Å²) < 4.78 is 13.0. The van der Waals surface area contributed by atoms with Crippen molar-refractivity contribution in [2.45, 2.75) is 38.4 Å². The van der Waals surface area contributed by atoms with Crippen LogP contribution >= 0.6 is 0 Å². The Morgan fingerprint density at radius 1 is 1.16 bits per heavy atom. The first-order valence-corrected chi connectivity index (χ1v) is 11.0. The molecule has 8 nitrogen and oxygen atoms in total. The summed E-state index contributed by atoms with van der Waals surface area (Å²) in [6.45, 7) is 1.59. The average Bonchev–Trinajstić information content (AvgIpc) is 3.59. The Bertz CT molecular complexity index is 1060. The molecule has 2 heterocycles. The molecule has 0 unspecified atom stereocenters. The number of carbonyl (C=O) groups excluding carboxylic acids is 1. The number of amides is 2. The number of methoxy groups -OCH3 is 2. The van der Waals surface area contributed by atoms with Crippen LogP contribution in [0.5, 0.6) is 11.5 Å². The van der Waals surface area contributed by atoms with E-state index in [2.05, 4.69) is 10.2 Å². The van der Waals surface area contributed by atoms with Gasteiger partial charge in [-0.3, -0.25) is 4.79 Å². The van der Waals surface area contributed by atoms with Crippen molar-refractivity contribution in [2.75, 3.05) is 34.9 Å². The number of nitrogens with one attached hydrogen (secondary N) is 1. The highest BCUT2D eigenvalue weighted by Crippen LogP contribution is 2.38. The molecule has 1 saturated carbocycles. The predicted molar refractivity (Wildman–Crippen MR) is 123 cm³/mol. The molecule has 2 amide bonds. The molecule has 2 aromatic rings. The van der Waals surface area contributed by atoms with Crippen molar-refractivity contribution in [1.82, 2.24) is 19.7 Å². The molecule has 1 aliphatic heterocycles. The van der Waals surface area contributed by atoms with Gasteiger partial charge in [-0.05, 0) is 56.6 Å². The number of rotatable bonds is 6. The number of urea groups is 1. The fraction of sp³-hybridized carbons (Fsp3) is 0.500. The summed E-state index contributed by atoms with van der Waals surface area (Å²) in [5, 5.41) is 3.03. The number of benzene rings is 1. The first kappa shape index (κ1) is 22.2. The van der Waals surface area contributed by atoms with E-state index in [9.17, 15) is 9.59 Å².